The number of benzene rings is 1. The lowest BCUT2D eigenvalue weighted by molar-refractivity contribution is -0.384. The molecule has 0 N–H and O–H groups in total. The Bertz CT molecular complexity index is 515. The van der Waals surface area contributed by atoms with Crippen LogP contribution >= 0.6 is 15.9 Å². The first kappa shape index (κ1) is 15.6. The molecular formula is C13H17BrN2O3. The first-order valence-electron chi connectivity index (χ1n) is 5.80. The van der Waals surface area contributed by atoms with Crippen molar-refractivity contribution >= 4 is 27.5 Å². The third-order valence-electron chi connectivity index (χ3n) is 3.19. The van der Waals surface area contributed by atoms with E-state index in [1.54, 1.807) is 18.9 Å². The normalized spacial score (nSPS) is 11.2. The lowest BCUT2D eigenvalue weighted by Gasteiger charge is -2.34. The molecule has 0 aliphatic heterocycles. The second-order valence-corrected chi connectivity index (χ2v) is 5.63. The summed E-state index contributed by atoms with van der Waals surface area (Å²) in [5.41, 5.74) is 0.765. The Morgan fingerprint density at radius 2 is 2.05 bits per heavy atom. The van der Waals surface area contributed by atoms with Gasteiger partial charge in [0.15, 0.2) is 0 Å². The number of amides is 1. The van der Waals surface area contributed by atoms with Gasteiger partial charge in [0.25, 0.3) is 11.6 Å². The number of carbonyl (C=O) groups excluding carboxylic acids is 1. The van der Waals surface area contributed by atoms with Crippen molar-refractivity contribution < 1.29 is 9.72 Å². The number of alkyl halides is 1. The largest absolute Gasteiger partial charge is 0.336 e. The predicted octanol–water partition coefficient (Wildman–Crippen LogP) is 3.15. The summed E-state index contributed by atoms with van der Waals surface area (Å²) in [5.74, 6) is -0.142. The number of rotatable bonds is 4. The second kappa shape index (κ2) is 5.69. The first-order valence-corrected chi connectivity index (χ1v) is 6.92. The SMILES string of the molecule is Cc1cc([N+](=O)[O-])ccc1C(=O)N(C)C(C)(C)CBr. The van der Waals surface area contributed by atoms with Crippen molar-refractivity contribution in [2.24, 2.45) is 0 Å². The van der Waals surface area contributed by atoms with Crippen molar-refractivity contribution in [3.8, 4) is 0 Å². The van der Waals surface area contributed by atoms with Crippen LogP contribution in [0.2, 0.25) is 0 Å². The quantitative estimate of drug-likeness (QED) is 0.484. The van der Waals surface area contributed by atoms with Crippen molar-refractivity contribution in [3.05, 3.63) is 39.4 Å². The summed E-state index contributed by atoms with van der Waals surface area (Å²) in [4.78, 5) is 24.2. The van der Waals surface area contributed by atoms with E-state index in [4.69, 9.17) is 0 Å². The topological polar surface area (TPSA) is 63.5 Å². The fraction of sp³-hybridized carbons (Fsp3) is 0.462. The van der Waals surface area contributed by atoms with Gasteiger partial charge in [-0.3, -0.25) is 14.9 Å². The van der Waals surface area contributed by atoms with E-state index in [2.05, 4.69) is 15.9 Å². The van der Waals surface area contributed by atoms with Crippen LogP contribution in [0.5, 0.6) is 0 Å². The van der Waals surface area contributed by atoms with Crippen LogP contribution < -0.4 is 0 Å². The highest BCUT2D eigenvalue weighted by molar-refractivity contribution is 9.09. The van der Waals surface area contributed by atoms with Gasteiger partial charge in [0.2, 0.25) is 0 Å². The maximum absolute atomic E-state index is 12.4. The maximum Gasteiger partial charge on any atom is 0.269 e. The minimum atomic E-state index is -0.465. The second-order valence-electron chi connectivity index (χ2n) is 5.07. The van der Waals surface area contributed by atoms with Gasteiger partial charge in [-0.2, -0.15) is 0 Å². The Hall–Kier alpha value is -1.43. The van der Waals surface area contributed by atoms with Crippen LogP contribution in [0.4, 0.5) is 5.69 Å². The average molecular weight is 329 g/mol. The molecule has 0 unspecified atom stereocenters. The molecule has 0 saturated carbocycles. The van der Waals surface area contributed by atoms with Crippen LogP contribution in [0, 0.1) is 17.0 Å². The third-order valence-corrected chi connectivity index (χ3v) is 4.56. The molecule has 0 radical (unpaired) electrons. The van der Waals surface area contributed by atoms with Crippen LogP contribution in [0.25, 0.3) is 0 Å². The van der Waals surface area contributed by atoms with Gasteiger partial charge < -0.3 is 4.90 Å². The van der Waals surface area contributed by atoms with E-state index in [9.17, 15) is 14.9 Å². The van der Waals surface area contributed by atoms with Gasteiger partial charge in [-0.05, 0) is 32.4 Å². The van der Waals surface area contributed by atoms with Crippen molar-refractivity contribution in [2.45, 2.75) is 26.3 Å². The van der Waals surface area contributed by atoms with E-state index in [1.807, 2.05) is 13.8 Å². The molecule has 5 nitrogen and oxygen atoms in total. The molecule has 1 rings (SSSR count). The minimum Gasteiger partial charge on any atom is -0.336 e. The number of nitro groups is 1. The predicted molar refractivity (Wildman–Crippen MR) is 77.8 cm³/mol. The van der Waals surface area contributed by atoms with Crippen LogP contribution in [0.3, 0.4) is 0 Å². The van der Waals surface area contributed by atoms with E-state index < -0.39 is 4.92 Å². The highest BCUT2D eigenvalue weighted by Crippen LogP contribution is 2.22. The monoisotopic (exact) mass is 328 g/mol. The Labute approximate surface area is 120 Å². The van der Waals surface area contributed by atoms with Crippen molar-refractivity contribution in [3.63, 3.8) is 0 Å². The van der Waals surface area contributed by atoms with E-state index in [1.165, 1.54) is 18.2 Å². The molecule has 19 heavy (non-hydrogen) atoms. The molecule has 0 fully saturated rings. The van der Waals surface area contributed by atoms with Gasteiger partial charge in [-0.15, -0.1) is 0 Å². The summed E-state index contributed by atoms with van der Waals surface area (Å²) in [6, 6.07) is 4.29. The van der Waals surface area contributed by atoms with E-state index in [-0.39, 0.29) is 17.1 Å². The zero-order chi connectivity index (χ0) is 14.8. The molecule has 0 aliphatic rings. The molecule has 0 spiro atoms. The molecule has 1 aromatic rings. The molecule has 1 aromatic carbocycles. The Morgan fingerprint density at radius 3 is 2.47 bits per heavy atom. The molecule has 0 atom stereocenters. The van der Waals surface area contributed by atoms with E-state index in [0.29, 0.717) is 16.5 Å². The number of halogens is 1. The molecule has 0 aliphatic carbocycles. The van der Waals surface area contributed by atoms with Gasteiger partial charge in [0.05, 0.1) is 4.92 Å². The van der Waals surface area contributed by atoms with Gasteiger partial charge in [0.1, 0.15) is 0 Å². The molecule has 0 bridgehead atoms. The summed E-state index contributed by atoms with van der Waals surface area (Å²) < 4.78 is 0. The summed E-state index contributed by atoms with van der Waals surface area (Å²) in [6.45, 7) is 5.59. The molecule has 6 heteroatoms. The average Bonchev–Trinajstić information content (AvgIpc) is 2.36. The lowest BCUT2D eigenvalue weighted by Crippen LogP contribution is -2.46. The maximum atomic E-state index is 12.4. The highest BCUT2D eigenvalue weighted by Gasteiger charge is 2.28. The zero-order valence-corrected chi connectivity index (χ0v) is 13.0. The molecule has 1 amide bonds. The first-order chi connectivity index (χ1) is 8.70. The van der Waals surface area contributed by atoms with Crippen molar-refractivity contribution in [1.29, 1.82) is 0 Å². The van der Waals surface area contributed by atoms with E-state index in [0.717, 1.165) is 0 Å². The van der Waals surface area contributed by atoms with Crippen LogP contribution in [0.15, 0.2) is 18.2 Å². The van der Waals surface area contributed by atoms with Gasteiger partial charge in [0, 0.05) is 35.6 Å². The highest BCUT2D eigenvalue weighted by atomic mass is 79.9. The smallest absolute Gasteiger partial charge is 0.269 e. The van der Waals surface area contributed by atoms with Gasteiger partial charge in [-0.25, -0.2) is 0 Å². The standard InChI is InChI=1S/C13H17BrN2O3/c1-9-7-10(16(18)19)5-6-11(9)12(17)15(4)13(2,3)8-14/h5-7H,8H2,1-4H3. The Kier molecular flexibility index (Phi) is 4.68. The summed E-state index contributed by atoms with van der Waals surface area (Å²) >= 11 is 3.38. The van der Waals surface area contributed by atoms with Crippen LogP contribution in [-0.4, -0.2) is 33.6 Å². The fourth-order valence-electron chi connectivity index (χ4n) is 1.55. The molecule has 104 valence electrons. The third kappa shape index (κ3) is 3.32. The number of aryl methyl sites for hydroxylation is 1. The van der Waals surface area contributed by atoms with Crippen LogP contribution in [-0.2, 0) is 0 Å². The van der Waals surface area contributed by atoms with Crippen molar-refractivity contribution in [1.82, 2.24) is 4.90 Å². The summed E-state index contributed by atoms with van der Waals surface area (Å²) in [7, 11) is 1.73. The molecule has 0 heterocycles. The molecular weight excluding hydrogens is 312 g/mol. The van der Waals surface area contributed by atoms with Gasteiger partial charge >= 0.3 is 0 Å². The lowest BCUT2D eigenvalue weighted by atomic mass is 10.0. The Balaban J connectivity index is 3.11. The number of hydrogen-bond donors (Lipinski definition) is 0. The summed E-state index contributed by atoms with van der Waals surface area (Å²) in [6.07, 6.45) is 0. The van der Waals surface area contributed by atoms with E-state index >= 15 is 0 Å². The number of nitrogens with zero attached hydrogens (tertiary/aromatic N) is 2. The summed E-state index contributed by atoms with van der Waals surface area (Å²) in [5, 5.41) is 11.3. The van der Waals surface area contributed by atoms with Crippen molar-refractivity contribution in [2.75, 3.05) is 12.4 Å². The van der Waals surface area contributed by atoms with Gasteiger partial charge in [-0.1, -0.05) is 15.9 Å². The number of carbonyl (C=O) groups is 1. The Morgan fingerprint density at radius 1 is 1.47 bits per heavy atom. The molecule has 0 saturated heterocycles. The minimum absolute atomic E-state index is 0.00328. The molecule has 0 aromatic heterocycles. The fourth-order valence-corrected chi connectivity index (χ4v) is 1.92. The number of non-ortho nitro benzene ring substituents is 1. The van der Waals surface area contributed by atoms with Crippen LogP contribution in [0.1, 0.15) is 29.8 Å². The number of hydrogen-bond acceptors (Lipinski definition) is 3. The number of nitro benzene ring substituents is 1. The zero-order valence-electron chi connectivity index (χ0n) is 11.4.